The Hall–Kier alpha value is -2.88. The standard InChI is InChI=1S/C20H21N3O/c1-13-8-10-18(11-9-13)23-20(24)19(16(4)22-23)15(3)21-17-7-5-6-14(2)12-17/h5-12,22H,1-4H3. The highest BCUT2D eigenvalue weighted by Gasteiger charge is 2.15. The molecule has 0 aliphatic rings. The Kier molecular flexibility index (Phi) is 4.21. The first-order valence-electron chi connectivity index (χ1n) is 7.96. The molecule has 0 spiro atoms. The number of aromatic amines is 1. The number of H-pyrrole nitrogens is 1. The van der Waals surface area contributed by atoms with Crippen LogP contribution in [-0.4, -0.2) is 15.5 Å². The van der Waals surface area contributed by atoms with E-state index in [9.17, 15) is 4.79 Å². The van der Waals surface area contributed by atoms with Crippen LogP contribution in [0.3, 0.4) is 0 Å². The zero-order valence-electron chi connectivity index (χ0n) is 14.4. The Morgan fingerprint density at radius 2 is 1.71 bits per heavy atom. The van der Waals surface area contributed by atoms with Crippen molar-refractivity contribution < 1.29 is 0 Å². The van der Waals surface area contributed by atoms with E-state index in [-0.39, 0.29) is 5.56 Å². The van der Waals surface area contributed by atoms with Crippen LogP contribution in [0.1, 0.15) is 29.3 Å². The quantitative estimate of drug-likeness (QED) is 0.722. The van der Waals surface area contributed by atoms with Crippen LogP contribution in [0.5, 0.6) is 0 Å². The van der Waals surface area contributed by atoms with Gasteiger partial charge in [0.05, 0.1) is 22.6 Å². The minimum Gasteiger partial charge on any atom is -0.295 e. The monoisotopic (exact) mass is 319 g/mol. The first kappa shape index (κ1) is 16.0. The number of hydrogen-bond acceptors (Lipinski definition) is 2. The highest BCUT2D eigenvalue weighted by atomic mass is 16.1. The number of benzene rings is 2. The molecule has 0 fully saturated rings. The molecule has 3 rings (SSSR count). The molecule has 1 N–H and O–H groups in total. The molecule has 0 bridgehead atoms. The molecule has 0 amide bonds. The Balaban J connectivity index is 2.06. The van der Waals surface area contributed by atoms with Gasteiger partial charge in [-0.1, -0.05) is 29.8 Å². The molecule has 24 heavy (non-hydrogen) atoms. The fourth-order valence-corrected chi connectivity index (χ4v) is 2.80. The fourth-order valence-electron chi connectivity index (χ4n) is 2.80. The second kappa shape index (κ2) is 6.32. The van der Waals surface area contributed by atoms with Crippen LogP contribution in [0, 0.1) is 20.8 Å². The molecule has 4 nitrogen and oxygen atoms in total. The maximum atomic E-state index is 12.8. The third-order valence-corrected chi connectivity index (χ3v) is 4.02. The lowest BCUT2D eigenvalue weighted by atomic mass is 10.1. The predicted octanol–water partition coefficient (Wildman–Crippen LogP) is 4.23. The lowest BCUT2D eigenvalue weighted by Crippen LogP contribution is -2.19. The van der Waals surface area contributed by atoms with Crippen LogP contribution >= 0.6 is 0 Å². The average molecular weight is 319 g/mol. The summed E-state index contributed by atoms with van der Waals surface area (Å²) in [5.74, 6) is 0. The van der Waals surface area contributed by atoms with Crippen LogP contribution < -0.4 is 5.56 Å². The average Bonchev–Trinajstić information content (AvgIpc) is 2.83. The summed E-state index contributed by atoms with van der Waals surface area (Å²) in [4.78, 5) is 17.4. The summed E-state index contributed by atoms with van der Waals surface area (Å²) >= 11 is 0. The molecule has 0 atom stereocenters. The molecule has 0 unspecified atom stereocenters. The van der Waals surface area contributed by atoms with Crippen molar-refractivity contribution in [2.24, 2.45) is 4.99 Å². The highest BCUT2D eigenvalue weighted by molar-refractivity contribution is 6.01. The molecule has 0 radical (unpaired) electrons. The number of aryl methyl sites for hydroxylation is 3. The van der Waals surface area contributed by atoms with E-state index in [1.54, 1.807) is 4.68 Å². The normalized spacial score (nSPS) is 11.8. The summed E-state index contributed by atoms with van der Waals surface area (Å²) < 4.78 is 1.57. The lowest BCUT2D eigenvalue weighted by Gasteiger charge is -2.01. The van der Waals surface area contributed by atoms with Gasteiger partial charge in [-0.15, -0.1) is 0 Å². The van der Waals surface area contributed by atoms with Crippen LogP contribution in [-0.2, 0) is 0 Å². The summed E-state index contributed by atoms with van der Waals surface area (Å²) in [6, 6.07) is 15.8. The zero-order valence-corrected chi connectivity index (χ0v) is 14.4. The van der Waals surface area contributed by atoms with Crippen molar-refractivity contribution in [1.82, 2.24) is 9.78 Å². The largest absolute Gasteiger partial charge is 0.295 e. The molecule has 122 valence electrons. The minimum absolute atomic E-state index is 0.0785. The van der Waals surface area contributed by atoms with Gasteiger partial charge in [-0.25, -0.2) is 4.68 Å². The molecule has 2 aromatic carbocycles. The minimum atomic E-state index is -0.0785. The van der Waals surface area contributed by atoms with Gasteiger partial charge in [0, 0.05) is 5.69 Å². The van der Waals surface area contributed by atoms with E-state index < -0.39 is 0 Å². The Morgan fingerprint density at radius 3 is 2.38 bits per heavy atom. The second-order valence-corrected chi connectivity index (χ2v) is 6.12. The molecule has 0 aliphatic heterocycles. The predicted molar refractivity (Wildman–Crippen MR) is 98.9 cm³/mol. The zero-order chi connectivity index (χ0) is 17.3. The van der Waals surface area contributed by atoms with E-state index in [2.05, 4.69) is 10.1 Å². The number of aliphatic imine (C=N–C) groups is 1. The van der Waals surface area contributed by atoms with Gasteiger partial charge in [-0.2, -0.15) is 0 Å². The number of nitrogens with one attached hydrogen (secondary N) is 1. The van der Waals surface area contributed by atoms with E-state index in [4.69, 9.17) is 0 Å². The molecule has 4 heteroatoms. The second-order valence-electron chi connectivity index (χ2n) is 6.12. The van der Waals surface area contributed by atoms with Crippen molar-refractivity contribution in [2.45, 2.75) is 27.7 Å². The Labute approximate surface area is 141 Å². The van der Waals surface area contributed by atoms with Crippen LogP contribution in [0.15, 0.2) is 58.3 Å². The fraction of sp³-hybridized carbons (Fsp3) is 0.200. The molecular weight excluding hydrogens is 298 g/mol. The Morgan fingerprint density at radius 1 is 1.00 bits per heavy atom. The summed E-state index contributed by atoms with van der Waals surface area (Å²) in [5.41, 5.74) is 6.05. The highest BCUT2D eigenvalue weighted by Crippen LogP contribution is 2.16. The summed E-state index contributed by atoms with van der Waals surface area (Å²) in [5, 5.41) is 3.15. The Bertz CT molecular complexity index is 959. The first-order chi connectivity index (χ1) is 11.5. The third-order valence-electron chi connectivity index (χ3n) is 4.02. The van der Waals surface area contributed by atoms with Crippen molar-refractivity contribution in [1.29, 1.82) is 0 Å². The van der Waals surface area contributed by atoms with Crippen molar-refractivity contribution in [3.8, 4) is 5.69 Å². The van der Waals surface area contributed by atoms with Crippen molar-refractivity contribution in [3.63, 3.8) is 0 Å². The SMILES string of the molecule is CC(=Nc1cccc(C)c1)c1c(C)[nH]n(-c2ccc(C)cc2)c1=O. The molecule has 0 aliphatic carbocycles. The van der Waals surface area contributed by atoms with Gasteiger partial charge in [-0.3, -0.25) is 14.9 Å². The molecule has 0 saturated carbocycles. The van der Waals surface area contributed by atoms with E-state index in [0.717, 1.165) is 28.2 Å². The van der Waals surface area contributed by atoms with Gasteiger partial charge < -0.3 is 0 Å². The van der Waals surface area contributed by atoms with Gasteiger partial charge >= 0.3 is 0 Å². The van der Waals surface area contributed by atoms with Crippen molar-refractivity contribution in [2.75, 3.05) is 0 Å². The van der Waals surface area contributed by atoms with Gasteiger partial charge in [0.1, 0.15) is 0 Å². The number of nitrogens with zero attached hydrogens (tertiary/aromatic N) is 2. The van der Waals surface area contributed by atoms with Gasteiger partial charge in [0.25, 0.3) is 5.56 Å². The van der Waals surface area contributed by atoms with Crippen LogP contribution in [0.25, 0.3) is 5.69 Å². The van der Waals surface area contributed by atoms with Crippen molar-refractivity contribution in [3.05, 3.63) is 81.3 Å². The molecule has 3 aromatic rings. The molecule has 0 saturated heterocycles. The van der Waals surface area contributed by atoms with Gasteiger partial charge in [0.15, 0.2) is 0 Å². The summed E-state index contributed by atoms with van der Waals surface area (Å²) in [6.45, 7) is 7.83. The first-order valence-corrected chi connectivity index (χ1v) is 7.96. The summed E-state index contributed by atoms with van der Waals surface area (Å²) in [7, 11) is 0. The molecular formula is C20H21N3O. The van der Waals surface area contributed by atoms with E-state index in [1.807, 2.05) is 76.2 Å². The van der Waals surface area contributed by atoms with Gasteiger partial charge in [-0.05, 0) is 57.5 Å². The smallest absolute Gasteiger partial charge is 0.280 e. The summed E-state index contributed by atoms with van der Waals surface area (Å²) in [6.07, 6.45) is 0. The van der Waals surface area contributed by atoms with E-state index >= 15 is 0 Å². The van der Waals surface area contributed by atoms with Gasteiger partial charge in [0.2, 0.25) is 0 Å². The maximum absolute atomic E-state index is 12.8. The lowest BCUT2D eigenvalue weighted by molar-refractivity contribution is 0.835. The third kappa shape index (κ3) is 3.08. The van der Waals surface area contributed by atoms with E-state index in [1.165, 1.54) is 0 Å². The number of rotatable bonds is 3. The molecule has 1 aromatic heterocycles. The molecule has 1 heterocycles. The van der Waals surface area contributed by atoms with E-state index in [0.29, 0.717) is 11.3 Å². The topological polar surface area (TPSA) is 50.1 Å². The number of aromatic nitrogens is 2. The maximum Gasteiger partial charge on any atom is 0.280 e. The number of hydrogen-bond donors (Lipinski definition) is 1. The van der Waals surface area contributed by atoms with Crippen LogP contribution in [0.2, 0.25) is 0 Å². The van der Waals surface area contributed by atoms with Crippen molar-refractivity contribution >= 4 is 11.4 Å². The van der Waals surface area contributed by atoms with Crippen LogP contribution in [0.4, 0.5) is 5.69 Å².